The lowest BCUT2D eigenvalue weighted by molar-refractivity contribution is -0.131. The Morgan fingerprint density at radius 1 is 1.56 bits per heavy atom. The van der Waals surface area contributed by atoms with Crippen molar-refractivity contribution in [3.05, 3.63) is 30.1 Å². The summed E-state index contributed by atoms with van der Waals surface area (Å²) < 4.78 is 1.57. The summed E-state index contributed by atoms with van der Waals surface area (Å²) >= 11 is 0. The SMILES string of the molecule is CCCCc1cn(/C=C/C=C/C(=O)O)nn1. The molecule has 0 unspecified atom stereocenters. The van der Waals surface area contributed by atoms with E-state index in [9.17, 15) is 4.79 Å². The summed E-state index contributed by atoms with van der Waals surface area (Å²) in [6, 6.07) is 0. The number of aliphatic carboxylic acids is 1. The third kappa shape index (κ3) is 4.54. The monoisotopic (exact) mass is 221 g/mol. The van der Waals surface area contributed by atoms with Gasteiger partial charge in [0.2, 0.25) is 0 Å². The first-order valence-corrected chi connectivity index (χ1v) is 5.21. The molecule has 0 amide bonds. The Balaban J connectivity index is 2.48. The van der Waals surface area contributed by atoms with Crippen molar-refractivity contribution in [1.82, 2.24) is 15.0 Å². The van der Waals surface area contributed by atoms with Gasteiger partial charge in [0, 0.05) is 12.3 Å². The summed E-state index contributed by atoms with van der Waals surface area (Å²) in [6.07, 6.45) is 10.7. The standard InChI is InChI=1S/C11H15N3O2/c1-2-3-6-10-9-14(13-12-10)8-5-4-7-11(15)16/h4-5,7-9H,2-3,6H2,1H3,(H,15,16)/b7-4+,8-5+. The van der Waals surface area contributed by atoms with E-state index in [0.717, 1.165) is 31.0 Å². The van der Waals surface area contributed by atoms with Gasteiger partial charge in [0.05, 0.1) is 11.9 Å². The van der Waals surface area contributed by atoms with Crippen LogP contribution in [-0.4, -0.2) is 26.1 Å². The van der Waals surface area contributed by atoms with Gasteiger partial charge in [-0.25, -0.2) is 9.48 Å². The summed E-state index contributed by atoms with van der Waals surface area (Å²) in [5.41, 5.74) is 0.953. The summed E-state index contributed by atoms with van der Waals surface area (Å²) in [5, 5.41) is 16.2. The van der Waals surface area contributed by atoms with Gasteiger partial charge in [0.25, 0.3) is 0 Å². The van der Waals surface area contributed by atoms with Crippen LogP contribution in [0.5, 0.6) is 0 Å². The van der Waals surface area contributed by atoms with Gasteiger partial charge < -0.3 is 5.11 Å². The van der Waals surface area contributed by atoms with Crippen molar-refractivity contribution >= 4 is 12.2 Å². The van der Waals surface area contributed by atoms with E-state index in [1.807, 2.05) is 6.20 Å². The predicted molar refractivity (Wildman–Crippen MR) is 60.7 cm³/mol. The van der Waals surface area contributed by atoms with Crippen LogP contribution in [0.3, 0.4) is 0 Å². The molecule has 0 aromatic carbocycles. The lowest BCUT2D eigenvalue weighted by atomic mass is 10.2. The molecule has 0 saturated carbocycles. The third-order valence-corrected chi connectivity index (χ3v) is 1.93. The molecule has 86 valence electrons. The Morgan fingerprint density at radius 2 is 2.38 bits per heavy atom. The molecular weight excluding hydrogens is 206 g/mol. The van der Waals surface area contributed by atoms with Crippen LogP contribution in [0.2, 0.25) is 0 Å². The average molecular weight is 221 g/mol. The first-order valence-electron chi connectivity index (χ1n) is 5.21. The zero-order valence-corrected chi connectivity index (χ0v) is 9.21. The molecular formula is C11H15N3O2. The van der Waals surface area contributed by atoms with Gasteiger partial charge in [0.1, 0.15) is 0 Å². The molecule has 1 aromatic rings. The number of allylic oxidation sites excluding steroid dienone is 2. The van der Waals surface area contributed by atoms with Gasteiger partial charge in [-0.1, -0.05) is 24.6 Å². The minimum absolute atomic E-state index is 0.926. The van der Waals surface area contributed by atoms with Gasteiger partial charge in [-0.3, -0.25) is 0 Å². The molecule has 0 bridgehead atoms. The van der Waals surface area contributed by atoms with Crippen molar-refractivity contribution in [1.29, 1.82) is 0 Å². The van der Waals surface area contributed by atoms with E-state index in [4.69, 9.17) is 5.11 Å². The first kappa shape index (κ1) is 12.2. The number of nitrogens with zero attached hydrogens (tertiary/aromatic N) is 3. The van der Waals surface area contributed by atoms with E-state index < -0.39 is 5.97 Å². The maximum Gasteiger partial charge on any atom is 0.328 e. The molecule has 0 saturated heterocycles. The van der Waals surface area contributed by atoms with Crippen LogP contribution < -0.4 is 0 Å². The molecule has 1 heterocycles. The Bertz CT molecular complexity index is 394. The number of carbonyl (C=O) groups is 1. The molecule has 5 heteroatoms. The maximum absolute atomic E-state index is 10.2. The Kier molecular flexibility index (Phi) is 4.98. The number of hydrogen-bond acceptors (Lipinski definition) is 3. The summed E-state index contributed by atoms with van der Waals surface area (Å²) in [6.45, 7) is 2.13. The molecule has 1 N–H and O–H groups in total. The van der Waals surface area contributed by atoms with Crippen LogP contribution >= 0.6 is 0 Å². The highest BCUT2D eigenvalue weighted by Crippen LogP contribution is 2.00. The van der Waals surface area contributed by atoms with Crippen molar-refractivity contribution in [3.63, 3.8) is 0 Å². The lowest BCUT2D eigenvalue weighted by Crippen LogP contribution is -1.86. The fraction of sp³-hybridized carbons (Fsp3) is 0.364. The summed E-state index contributed by atoms with van der Waals surface area (Å²) in [7, 11) is 0. The van der Waals surface area contributed by atoms with Gasteiger partial charge in [0.15, 0.2) is 0 Å². The van der Waals surface area contributed by atoms with Crippen LogP contribution in [-0.2, 0) is 11.2 Å². The van der Waals surface area contributed by atoms with Crippen molar-refractivity contribution in [2.45, 2.75) is 26.2 Å². The molecule has 0 aliphatic carbocycles. The smallest absolute Gasteiger partial charge is 0.328 e. The topological polar surface area (TPSA) is 68.0 Å². The third-order valence-electron chi connectivity index (χ3n) is 1.93. The number of aromatic nitrogens is 3. The number of rotatable bonds is 6. The lowest BCUT2D eigenvalue weighted by Gasteiger charge is -1.89. The van der Waals surface area contributed by atoms with Gasteiger partial charge >= 0.3 is 5.97 Å². The van der Waals surface area contributed by atoms with E-state index in [1.54, 1.807) is 17.0 Å². The number of aryl methyl sites for hydroxylation is 1. The van der Waals surface area contributed by atoms with Gasteiger partial charge in [-0.05, 0) is 18.9 Å². The largest absolute Gasteiger partial charge is 0.478 e. The number of hydrogen-bond donors (Lipinski definition) is 1. The van der Waals surface area contributed by atoms with Crippen molar-refractivity contribution in [2.24, 2.45) is 0 Å². The average Bonchev–Trinajstić information content (AvgIpc) is 2.69. The summed E-state index contributed by atoms with van der Waals surface area (Å²) in [5.74, 6) is -0.966. The normalized spacial score (nSPS) is 11.6. The van der Waals surface area contributed by atoms with Crippen LogP contribution in [0.4, 0.5) is 0 Å². The molecule has 1 aromatic heterocycles. The Labute approximate surface area is 94.1 Å². The van der Waals surface area contributed by atoms with Crippen LogP contribution in [0, 0.1) is 0 Å². The fourth-order valence-corrected chi connectivity index (χ4v) is 1.13. The van der Waals surface area contributed by atoms with E-state index >= 15 is 0 Å². The molecule has 0 atom stereocenters. The minimum atomic E-state index is -0.966. The first-order chi connectivity index (χ1) is 7.72. The number of carboxylic acid groups (broad SMARTS) is 1. The molecule has 5 nitrogen and oxygen atoms in total. The highest BCUT2D eigenvalue weighted by atomic mass is 16.4. The van der Waals surface area contributed by atoms with Crippen molar-refractivity contribution in [2.75, 3.05) is 0 Å². The zero-order valence-electron chi connectivity index (χ0n) is 9.21. The second-order valence-electron chi connectivity index (χ2n) is 3.33. The van der Waals surface area contributed by atoms with Crippen LogP contribution in [0.25, 0.3) is 6.20 Å². The summed E-state index contributed by atoms with van der Waals surface area (Å²) in [4.78, 5) is 10.2. The minimum Gasteiger partial charge on any atom is -0.478 e. The van der Waals surface area contributed by atoms with Gasteiger partial charge in [-0.15, -0.1) is 5.10 Å². The number of unbranched alkanes of at least 4 members (excludes halogenated alkanes) is 1. The molecule has 0 fully saturated rings. The molecule has 1 rings (SSSR count). The molecule has 0 aliphatic heterocycles. The zero-order chi connectivity index (χ0) is 11.8. The Hall–Kier alpha value is -1.91. The van der Waals surface area contributed by atoms with Crippen molar-refractivity contribution < 1.29 is 9.90 Å². The fourth-order valence-electron chi connectivity index (χ4n) is 1.13. The van der Waals surface area contributed by atoms with Gasteiger partial charge in [-0.2, -0.15) is 0 Å². The highest BCUT2D eigenvalue weighted by Gasteiger charge is 1.96. The number of carboxylic acids is 1. The van der Waals surface area contributed by atoms with E-state index in [0.29, 0.717) is 0 Å². The quantitative estimate of drug-likeness (QED) is 0.586. The predicted octanol–water partition coefficient (Wildman–Crippen LogP) is 1.73. The van der Waals surface area contributed by atoms with E-state index in [2.05, 4.69) is 17.2 Å². The highest BCUT2D eigenvalue weighted by molar-refractivity contribution is 5.80. The molecule has 0 aliphatic rings. The van der Waals surface area contributed by atoms with E-state index in [-0.39, 0.29) is 0 Å². The maximum atomic E-state index is 10.2. The van der Waals surface area contributed by atoms with Crippen LogP contribution in [0.15, 0.2) is 24.4 Å². The second kappa shape index (κ2) is 6.55. The Morgan fingerprint density at radius 3 is 3.06 bits per heavy atom. The van der Waals surface area contributed by atoms with Crippen molar-refractivity contribution in [3.8, 4) is 0 Å². The molecule has 0 spiro atoms. The second-order valence-corrected chi connectivity index (χ2v) is 3.33. The molecule has 0 radical (unpaired) electrons. The van der Waals surface area contributed by atoms with Crippen LogP contribution in [0.1, 0.15) is 25.5 Å². The van der Waals surface area contributed by atoms with E-state index in [1.165, 1.54) is 6.08 Å². The molecule has 16 heavy (non-hydrogen) atoms.